The number of para-hydroxylation sites is 1. The number of carbonyl (C=O) groups is 1. The number of pyridine rings is 1. The van der Waals surface area contributed by atoms with Crippen molar-refractivity contribution in [1.29, 1.82) is 0 Å². The fourth-order valence-corrected chi connectivity index (χ4v) is 4.75. The van der Waals surface area contributed by atoms with Crippen LogP contribution in [0.5, 0.6) is 0 Å². The lowest BCUT2D eigenvalue weighted by Crippen LogP contribution is -2.30. The second kappa shape index (κ2) is 9.38. The molecule has 0 bridgehead atoms. The summed E-state index contributed by atoms with van der Waals surface area (Å²) in [6, 6.07) is 9.79. The van der Waals surface area contributed by atoms with E-state index in [1.165, 1.54) is 11.3 Å². The molecule has 7 heteroatoms. The van der Waals surface area contributed by atoms with Gasteiger partial charge in [-0.15, -0.1) is 0 Å². The number of benzene rings is 1. The Morgan fingerprint density at radius 1 is 1.28 bits per heavy atom. The maximum absolute atomic E-state index is 13.1. The first-order chi connectivity index (χ1) is 15.4. The molecule has 1 N–H and O–H groups in total. The zero-order valence-electron chi connectivity index (χ0n) is 19.5. The van der Waals surface area contributed by atoms with Crippen LogP contribution in [0, 0.1) is 13.8 Å². The normalized spacial score (nSPS) is 16.7. The second-order valence-electron chi connectivity index (χ2n) is 8.75. The zero-order valence-corrected chi connectivity index (χ0v) is 19.5. The molecule has 1 aromatic carbocycles. The molecule has 2 aromatic heterocycles. The maximum atomic E-state index is 13.1. The van der Waals surface area contributed by atoms with Crippen molar-refractivity contribution in [3.63, 3.8) is 0 Å². The Labute approximate surface area is 189 Å². The third-order valence-corrected chi connectivity index (χ3v) is 6.65. The van der Waals surface area contributed by atoms with E-state index in [9.17, 15) is 9.90 Å². The summed E-state index contributed by atoms with van der Waals surface area (Å²) in [7, 11) is 1.73. The average molecular weight is 436 g/mol. The summed E-state index contributed by atoms with van der Waals surface area (Å²) in [5.41, 5.74) is 6.16. The van der Waals surface area contributed by atoms with Gasteiger partial charge >= 0.3 is 0 Å². The molecule has 7 nitrogen and oxygen atoms in total. The molecule has 0 unspecified atom stereocenters. The SMILES string of the molecule is CCn1nc(C)c(CN2CC[C@@H](c3cc(C(=O)N(C)CCO)c4ccccc4n3)C2)c1C. The largest absolute Gasteiger partial charge is 0.395 e. The lowest BCUT2D eigenvalue weighted by Gasteiger charge is -2.19. The van der Waals surface area contributed by atoms with Crippen molar-refractivity contribution in [1.82, 2.24) is 24.6 Å². The Kier molecular flexibility index (Phi) is 6.58. The number of rotatable bonds is 7. The van der Waals surface area contributed by atoms with Gasteiger partial charge in [0.2, 0.25) is 0 Å². The molecule has 1 saturated heterocycles. The van der Waals surface area contributed by atoms with Gasteiger partial charge in [0, 0.05) is 61.5 Å². The Bertz CT molecular complexity index is 1120. The van der Waals surface area contributed by atoms with E-state index in [1.54, 1.807) is 11.9 Å². The Balaban J connectivity index is 1.59. The van der Waals surface area contributed by atoms with Crippen molar-refractivity contribution in [2.75, 3.05) is 33.3 Å². The number of likely N-dealkylation sites (N-methyl/N-ethyl adjacent to an activating group) is 1. The number of fused-ring (bicyclic) bond motifs is 1. The van der Waals surface area contributed by atoms with Gasteiger partial charge in [0.05, 0.1) is 23.4 Å². The van der Waals surface area contributed by atoms with E-state index in [0.29, 0.717) is 12.1 Å². The van der Waals surface area contributed by atoms with Crippen LogP contribution in [-0.4, -0.2) is 68.9 Å². The predicted molar refractivity (Wildman–Crippen MR) is 126 cm³/mol. The molecule has 1 atom stereocenters. The average Bonchev–Trinajstić information content (AvgIpc) is 3.38. The fraction of sp³-hybridized carbons (Fsp3) is 0.480. The number of hydrogen-bond acceptors (Lipinski definition) is 5. The Morgan fingerprint density at radius 3 is 2.78 bits per heavy atom. The lowest BCUT2D eigenvalue weighted by molar-refractivity contribution is 0.0768. The number of aliphatic hydroxyl groups excluding tert-OH is 1. The third kappa shape index (κ3) is 4.27. The van der Waals surface area contributed by atoms with E-state index in [1.807, 2.05) is 30.3 Å². The van der Waals surface area contributed by atoms with Gasteiger partial charge in [-0.2, -0.15) is 5.10 Å². The minimum Gasteiger partial charge on any atom is -0.395 e. The van der Waals surface area contributed by atoms with Crippen molar-refractivity contribution in [3.8, 4) is 0 Å². The van der Waals surface area contributed by atoms with Crippen molar-refractivity contribution >= 4 is 16.8 Å². The lowest BCUT2D eigenvalue weighted by atomic mass is 9.99. The molecule has 0 aliphatic carbocycles. The van der Waals surface area contributed by atoms with E-state index < -0.39 is 0 Å². The summed E-state index contributed by atoms with van der Waals surface area (Å²) < 4.78 is 2.07. The monoisotopic (exact) mass is 435 g/mol. The van der Waals surface area contributed by atoms with Gasteiger partial charge in [-0.25, -0.2) is 0 Å². The van der Waals surface area contributed by atoms with E-state index >= 15 is 0 Å². The fourth-order valence-electron chi connectivity index (χ4n) is 4.75. The number of amides is 1. The summed E-state index contributed by atoms with van der Waals surface area (Å²) in [5.74, 6) is 0.211. The summed E-state index contributed by atoms with van der Waals surface area (Å²) in [6.45, 7) is 10.3. The van der Waals surface area contributed by atoms with Crippen LogP contribution in [0.15, 0.2) is 30.3 Å². The minimum atomic E-state index is -0.0769. The highest BCUT2D eigenvalue weighted by atomic mass is 16.3. The topological polar surface area (TPSA) is 74.5 Å². The highest BCUT2D eigenvalue weighted by Gasteiger charge is 2.28. The van der Waals surface area contributed by atoms with Crippen molar-refractivity contribution in [2.45, 2.75) is 46.2 Å². The van der Waals surface area contributed by atoms with E-state index in [0.717, 1.165) is 54.9 Å². The van der Waals surface area contributed by atoms with Gasteiger partial charge in [0.25, 0.3) is 5.91 Å². The van der Waals surface area contributed by atoms with Gasteiger partial charge < -0.3 is 10.0 Å². The first-order valence-electron chi connectivity index (χ1n) is 11.4. The number of likely N-dealkylation sites (tertiary alicyclic amines) is 1. The van der Waals surface area contributed by atoms with Crippen molar-refractivity contribution in [2.24, 2.45) is 0 Å². The zero-order chi connectivity index (χ0) is 22.8. The van der Waals surface area contributed by atoms with Gasteiger partial charge in [-0.1, -0.05) is 18.2 Å². The molecular weight excluding hydrogens is 402 g/mol. The third-order valence-electron chi connectivity index (χ3n) is 6.65. The number of aryl methyl sites for hydroxylation is 2. The molecule has 1 fully saturated rings. The van der Waals surface area contributed by atoms with Gasteiger partial charge in [-0.05, 0) is 45.9 Å². The van der Waals surface area contributed by atoms with Crippen molar-refractivity contribution in [3.05, 3.63) is 58.5 Å². The molecule has 170 valence electrons. The molecule has 1 amide bonds. The molecule has 1 aliphatic rings. The second-order valence-corrected chi connectivity index (χ2v) is 8.75. The molecular formula is C25H33N5O2. The molecule has 0 spiro atoms. The quantitative estimate of drug-likeness (QED) is 0.617. The molecule has 0 radical (unpaired) electrons. The van der Waals surface area contributed by atoms with Gasteiger partial charge in [0.15, 0.2) is 0 Å². The Hall–Kier alpha value is -2.77. The van der Waals surface area contributed by atoms with E-state index in [-0.39, 0.29) is 18.4 Å². The number of carbonyl (C=O) groups excluding carboxylic acids is 1. The van der Waals surface area contributed by atoms with E-state index in [4.69, 9.17) is 4.98 Å². The molecule has 1 aliphatic heterocycles. The maximum Gasteiger partial charge on any atom is 0.254 e. The van der Waals surface area contributed by atoms with Crippen molar-refractivity contribution < 1.29 is 9.90 Å². The first-order valence-corrected chi connectivity index (χ1v) is 11.4. The summed E-state index contributed by atoms with van der Waals surface area (Å²) in [6.07, 6.45) is 1.02. The highest BCUT2D eigenvalue weighted by molar-refractivity contribution is 6.06. The predicted octanol–water partition coefficient (Wildman–Crippen LogP) is 3.12. The number of aliphatic hydroxyl groups is 1. The smallest absolute Gasteiger partial charge is 0.254 e. The van der Waals surface area contributed by atoms with Crippen LogP contribution in [-0.2, 0) is 13.1 Å². The molecule has 32 heavy (non-hydrogen) atoms. The standard InChI is InChI=1S/C25H33N5O2/c1-5-30-18(3)22(17(2)27-30)16-29-11-10-19(15-29)24-14-21(25(32)28(4)12-13-31)20-8-6-7-9-23(20)26-24/h6-9,14,19,31H,5,10-13,15-16H2,1-4H3/t19-/m1/s1. The summed E-state index contributed by atoms with van der Waals surface area (Å²) in [5, 5.41) is 14.8. The van der Waals surface area contributed by atoms with Crippen LogP contribution >= 0.6 is 0 Å². The molecule has 0 saturated carbocycles. The van der Waals surface area contributed by atoms with Crippen LogP contribution in [0.1, 0.15) is 52.3 Å². The van der Waals surface area contributed by atoms with Crippen LogP contribution in [0.4, 0.5) is 0 Å². The van der Waals surface area contributed by atoms with Crippen LogP contribution in [0.2, 0.25) is 0 Å². The highest BCUT2D eigenvalue weighted by Crippen LogP contribution is 2.31. The summed E-state index contributed by atoms with van der Waals surface area (Å²) >= 11 is 0. The number of nitrogens with zero attached hydrogens (tertiary/aromatic N) is 5. The number of aromatic nitrogens is 3. The van der Waals surface area contributed by atoms with Crippen LogP contribution < -0.4 is 0 Å². The number of hydrogen-bond donors (Lipinski definition) is 1. The molecule has 3 aromatic rings. The first kappa shape index (κ1) is 22.4. The minimum absolute atomic E-state index is 0.0524. The van der Waals surface area contributed by atoms with Crippen LogP contribution in [0.25, 0.3) is 10.9 Å². The Morgan fingerprint density at radius 2 is 2.06 bits per heavy atom. The summed E-state index contributed by atoms with van der Waals surface area (Å²) in [4.78, 5) is 22.1. The van der Waals surface area contributed by atoms with E-state index in [2.05, 4.69) is 35.5 Å². The van der Waals surface area contributed by atoms with Gasteiger partial charge in [0.1, 0.15) is 0 Å². The molecule has 4 rings (SSSR count). The van der Waals surface area contributed by atoms with Gasteiger partial charge in [-0.3, -0.25) is 19.4 Å². The molecule has 3 heterocycles. The van der Waals surface area contributed by atoms with Crippen LogP contribution in [0.3, 0.4) is 0 Å².